The van der Waals surface area contributed by atoms with E-state index in [1.807, 2.05) is 4.72 Å². The van der Waals surface area contributed by atoms with E-state index in [0.29, 0.717) is 0 Å². The van der Waals surface area contributed by atoms with Crippen molar-refractivity contribution in [1.29, 1.82) is 0 Å². The van der Waals surface area contributed by atoms with E-state index in [-0.39, 0.29) is 20.5 Å². The zero-order valence-corrected chi connectivity index (χ0v) is 16.6. The molecule has 0 atom stereocenters. The van der Waals surface area contributed by atoms with E-state index in [0.717, 1.165) is 24.3 Å². The SMILES string of the molecule is O=c1cc(C#Cc2c(F)ccc(NS(=O)(=O)c3cc(Cl)ccc3Cl)c2F)cc[nH]1. The van der Waals surface area contributed by atoms with Gasteiger partial charge in [0.2, 0.25) is 5.56 Å². The molecule has 0 saturated carbocycles. The molecular formula is C19H10Cl2F2N2O3S. The van der Waals surface area contributed by atoms with Crippen molar-refractivity contribution in [2.75, 3.05) is 4.72 Å². The normalized spacial score (nSPS) is 10.9. The van der Waals surface area contributed by atoms with Gasteiger partial charge in [0.15, 0.2) is 5.82 Å². The second-order valence-corrected chi connectivity index (χ2v) is 8.15. The van der Waals surface area contributed by atoms with Crippen LogP contribution < -0.4 is 10.3 Å². The molecule has 0 aliphatic rings. The van der Waals surface area contributed by atoms with Gasteiger partial charge in [0.25, 0.3) is 10.0 Å². The van der Waals surface area contributed by atoms with Gasteiger partial charge in [-0.2, -0.15) is 0 Å². The minimum absolute atomic E-state index is 0.110. The number of halogens is 4. The maximum Gasteiger partial charge on any atom is 0.263 e. The van der Waals surface area contributed by atoms with Gasteiger partial charge in [-0.3, -0.25) is 9.52 Å². The number of hydrogen-bond acceptors (Lipinski definition) is 3. The van der Waals surface area contributed by atoms with Crippen LogP contribution in [0.25, 0.3) is 0 Å². The summed E-state index contributed by atoms with van der Waals surface area (Å²) in [4.78, 5) is 13.3. The highest BCUT2D eigenvalue weighted by atomic mass is 35.5. The summed E-state index contributed by atoms with van der Waals surface area (Å²) in [5.41, 5.74) is -1.40. The molecule has 3 rings (SSSR count). The number of H-pyrrole nitrogens is 1. The lowest BCUT2D eigenvalue weighted by atomic mass is 10.1. The lowest BCUT2D eigenvalue weighted by Crippen LogP contribution is -2.15. The van der Waals surface area contributed by atoms with E-state index in [4.69, 9.17) is 23.2 Å². The summed E-state index contributed by atoms with van der Waals surface area (Å²) in [6.07, 6.45) is 1.33. The predicted molar refractivity (Wildman–Crippen MR) is 107 cm³/mol. The molecule has 2 aromatic carbocycles. The average molecular weight is 455 g/mol. The number of sulfonamides is 1. The Hall–Kier alpha value is -2.86. The standard InChI is InChI=1S/C19H10Cl2F2N2O3S/c20-12-2-4-14(21)17(10-12)29(27,28)25-16-6-5-15(22)13(19(16)23)3-1-11-7-8-24-18(26)9-11/h2,4-10,25H,(H,24,26). The third-order valence-electron chi connectivity index (χ3n) is 3.63. The van der Waals surface area contributed by atoms with Crippen molar-refractivity contribution in [3.63, 3.8) is 0 Å². The molecule has 3 aromatic rings. The molecule has 29 heavy (non-hydrogen) atoms. The van der Waals surface area contributed by atoms with E-state index < -0.39 is 38.5 Å². The highest BCUT2D eigenvalue weighted by Gasteiger charge is 2.22. The van der Waals surface area contributed by atoms with Gasteiger partial charge in [0.05, 0.1) is 16.3 Å². The topological polar surface area (TPSA) is 79.0 Å². The third-order valence-corrected chi connectivity index (χ3v) is 5.71. The summed E-state index contributed by atoms with van der Waals surface area (Å²) in [5.74, 6) is 2.52. The van der Waals surface area contributed by atoms with Gasteiger partial charge < -0.3 is 4.98 Å². The Kier molecular flexibility index (Phi) is 5.94. The Bertz CT molecular complexity index is 1330. The number of aromatic nitrogens is 1. The van der Waals surface area contributed by atoms with Crippen molar-refractivity contribution in [3.8, 4) is 11.8 Å². The molecule has 2 N–H and O–H groups in total. The summed E-state index contributed by atoms with van der Waals surface area (Å²) < 4.78 is 55.9. The molecule has 0 radical (unpaired) electrons. The van der Waals surface area contributed by atoms with Crippen LogP contribution in [-0.2, 0) is 10.0 Å². The fraction of sp³-hybridized carbons (Fsp3) is 0. The van der Waals surface area contributed by atoms with Crippen LogP contribution in [0.4, 0.5) is 14.5 Å². The first-order valence-corrected chi connectivity index (χ1v) is 10.1. The van der Waals surface area contributed by atoms with Gasteiger partial charge >= 0.3 is 0 Å². The third kappa shape index (κ3) is 4.77. The van der Waals surface area contributed by atoms with Crippen LogP contribution in [-0.4, -0.2) is 13.4 Å². The molecule has 0 aliphatic carbocycles. The van der Waals surface area contributed by atoms with E-state index in [9.17, 15) is 22.0 Å². The Labute approximate surface area is 174 Å². The minimum Gasteiger partial charge on any atom is -0.329 e. The quantitative estimate of drug-likeness (QED) is 0.583. The van der Waals surface area contributed by atoms with Gasteiger partial charge in [-0.15, -0.1) is 0 Å². The number of anilines is 1. The first kappa shape index (κ1) is 20.9. The summed E-state index contributed by atoms with van der Waals surface area (Å²) in [6, 6.07) is 8.14. The molecular weight excluding hydrogens is 445 g/mol. The molecule has 0 fully saturated rings. The average Bonchev–Trinajstić information content (AvgIpc) is 2.66. The number of aromatic amines is 1. The fourth-order valence-corrected chi connectivity index (χ4v) is 4.11. The molecule has 1 heterocycles. The van der Waals surface area contributed by atoms with Crippen LogP contribution in [0.5, 0.6) is 0 Å². The number of pyridine rings is 1. The summed E-state index contributed by atoms with van der Waals surface area (Å²) >= 11 is 11.7. The van der Waals surface area contributed by atoms with Crippen molar-refractivity contribution in [2.45, 2.75) is 4.90 Å². The van der Waals surface area contributed by atoms with E-state index in [1.165, 1.54) is 24.4 Å². The van der Waals surface area contributed by atoms with Crippen molar-refractivity contribution >= 4 is 38.9 Å². The number of benzene rings is 2. The van der Waals surface area contributed by atoms with E-state index in [1.54, 1.807) is 0 Å². The maximum absolute atomic E-state index is 14.7. The highest BCUT2D eigenvalue weighted by molar-refractivity contribution is 7.92. The van der Waals surface area contributed by atoms with Gasteiger partial charge in [-0.05, 0) is 36.4 Å². The van der Waals surface area contributed by atoms with Gasteiger partial charge in [-0.25, -0.2) is 17.2 Å². The monoisotopic (exact) mass is 454 g/mol. The van der Waals surface area contributed by atoms with Crippen molar-refractivity contribution in [2.24, 2.45) is 0 Å². The van der Waals surface area contributed by atoms with Gasteiger partial charge in [0, 0.05) is 22.8 Å². The number of nitrogens with one attached hydrogen (secondary N) is 2. The second-order valence-electron chi connectivity index (χ2n) is 5.66. The van der Waals surface area contributed by atoms with Crippen LogP contribution in [0.2, 0.25) is 10.0 Å². The first-order valence-electron chi connectivity index (χ1n) is 7.84. The van der Waals surface area contributed by atoms with Crippen LogP contribution in [0.1, 0.15) is 11.1 Å². The zero-order chi connectivity index (χ0) is 21.2. The fourth-order valence-electron chi connectivity index (χ4n) is 2.29. The van der Waals surface area contributed by atoms with E-state index >= 15 is 0 Å². The Morgan fingerprint density at radius 3 is 2.48 bits per heavy atom. The summed E-state index contributed by atoms with van der Waals surface area (Å²) in [6.45, 7) is 0. The predicted octanol–water partition coefficient (Wildman–Crippen LogP) is 4.16. The van der Waals surface area contributed by atoms with Crippen LogP contribution in [0.3, 0.4) is 0 Å². The highest BCUT2D eigenvalue weighted by Crippen LogP contribution is 2.28. The molecule has 0 bridgehead atoms. The second kappa shape index (κ2) is 8.25. The molecule has 0 saturated heterocycles. The van der Waals surface area contributed by atoms with E-state index in [2.05, 4.69) is 16.8 Å². The largest absolute Gasteiger partial charge is 0.329 e. The maximum atomic E-state index is 14.7. The molecule has 0 spiro atoms. The van der Waals surface area contributed by atoms with Gasteiger partial charge in [-0.1, -0.05) is 35.0 Å². The van der Waals surface area contributed by atoms with Gasteiger partial charge in [0.1, 0.15) is 10.7 Å². The van der Waals surface area contributed by atoms with Crippen LogP contribution in [0, 0.1) is 23.5 Å². The molecule has 0 amide bonds. The van der Waals surface area contributed by atoms with Crippen LogP contribution >= 0.6 is 23.2 Å². The first-order chi connectivity index (χ1) is 13.7. The lowest BCUT2D eigenvalue weighted by molar-refractivity contribution is 0.578. The lowest BCUT2D eigenvalue weighted by Gasteiger charge is -2.11. The van der Waals surface area contributed by atoms with Crippen molar-refractivity contribution < 1.29 is 17.2 Å². The summed E-state index contributed by atoms with van der Waals surface area (Å²) in [7, 11) is -4.31. The smallest absolute Gasteiger partial charge is 0.263 e. The molecule has 148 valence electrons. The van der Waals surface area contributed by atoms with Crippen LogP contribution in [0.15, 0.2) is 58.4 Å². The van der Waals surface area contributed by atoms with Crippen molar-refractivity contribution in [1.82, 2.24) is 4.98 Å². The Morgan fingerprint density at radius 2 is 1.76 bits per heavy atom. The molecule has 1 aromatic heterocycles. The molecule has 0 unspecified atom stereocenters. The number of hydrogen-bond donors (Lipinski definition) is 2. The Balaban J connectivity index is 2.01. The molecule has 10 heteroatoms. The van der Waals surface area contributed by atoms with Crippen molar-refractivity contribution in [3.05, 3.63) is 91.8 Å². The zero-order valence-electron chi connectivity index (χ0n) is 14.3. The molecule has 5 nitrogen and oxygen atoms in total. The number of rotatable bonds is 3. The Morgan fingerprint density at radius 1 is 1.00 bits per heavy atom. The minimum atomic E-state index is -4.31. The molecule has 0 aliphatic heterocycles. The summed E-state index contributed by atoms with van der Waals surface area (Å²) in [5, 5.41) is -0.0162.